The normalized spacial score (nSPS) is 19.1. The summed E-state index contributed by atoms with van der Waals surface area (Å²) in [5.41, 5.74) is -2.76. The van der Waals surface area contributed by atoms with E-state index in [9.17, 15) is 28.8 Å². The van der Waals surface area contributed by atoms with E-state index < -0.39 is 5.54 Å². The molecule has 356 valence electrons. The minimum absolute atomic E-state index is 0.147. The second-order valence-corrected chi connectivity index (χ2v) is 21.0. The van der Waals surface area contributed by atoms with Crippen LogP contribution in [0.15, 0.2) is 43.5 Å². The summed E-state index contributed by atoms with van der Waals surface area (Å²) in [6, 6.07) is 3.05. The number of benzene rings is 1. The first kappa shape index (κ1) is 51.4. The molecule has 3 aromatic rings. The Morgan fingerprint density at radius 2 is 0.922 bits per heavy atom. The first-order chi connectivity index (χ1) is 30.7. The number of carbonyl (C=O) groups excluding carboxylic acids is 2. The molecular weight excluding hydrogens is 799 g/mol. The molecule has 1 aromatic carbocycles. The van der Waals surface area contributed by atoms with Gasteiger partial charge in [0.15, 0.2) is 0 Å². The summed E-state index contributed by atoms with van der Waals surface area (Å²) in [6.07, 6.45) is 34.1. The van der Waals surface area contributed by atoms with Crippen molar-refractivity contribution in [2.24, 2.45) is 17.3 Å². The number of hydrogen-bond acceptors (Lipinski definition) is 6. The van der Waals surface area contributed by atoms with Crippen LogP contribution in [0.5, 0.6) is 0 Å². The first-order valence-electron chi connectivity index (χ1n) is 26.2. The molecule has 0 N–H and O–H groups in total. The molecule has 0 radical (unpaired) electrons. The number of amides is 2. The lowest BCUT2D eigenvalue weighted by molar-refractivity contribution is -0.144. The highest BCUT2D eigenvalue weighted by atomic mass is 16.2. The second kappa shape index (κ2) is 23.7. The predicted octanol–water partition coefficient (Wildman–Crippen LogP) is 12.6. The van der Waals surface area contributed by atoms with Crippen LogP contribution in [0.2, 0.25) is 0 Å². The Kier molecular flexibility index (Phi) is 19.0. The molecule has 1 aliphatic carbocycles. The number of imide groups is 1. The zero-order valence-corrected chi connectivity index (χ0v) is 41.3. The highest BCUT2D eigenvalue weighted by Gasteiger charge is 2.46. The van der Waals surface area contributed by atoms with Gasteiger partial charge >= 0.3 is 0 Å². The quantitative estimate of drug-likeness (QED) is 0.0486. The summed E-state index contributed by atoms with van der Waals surface area (Å²) in [5, 5.41) is 0.983. The fraction of sp³-hybridized carbons (Fsp3) is 0.745. The minimum Gasteiger partial charge on any atom is -0.274 e. The van der Waals surface area contributed by atoms with Crippen molar-refractivity contribution in [2.75, 3.05) is 0 Å². The van der Waals surface area contributed by atoms with Crippen molar-refractivity contribution < 1.29 is 9.59 Å². The third-order valence-electron chi connectivity index (χ3n) is 16.8. The predicted molar refractivity (Wildman–Crippen MR) is 265 cm³/mol. The Hall–Kier alpha value is -3.62. The van der Waals surface area contributed by atoms with E-state index in [-0.39, 0.29) is 66.6 Å². The number of rotatable bonds is 30. The summed E-state index contributed by atoms with van der Waals surface area (Å²) < 4.78 is 2.78. The van der Waals surface area contributed by atoms with Crippen LogP contribution in [-0.2, 0) is 21.7 Å². The molecule has 9 nitrogen and oxygen atoms in total. The molecule has 1 saturated carbocycles. The zero-order valence-electron chi connectivity index (χ0n) is 41.3. The third kappa shape index (κ3) is 11.5. The van der Waals surface area contributed by atoms with Crippen molar-refractivity contribution in [3.8, 4) is 0 Å². The van der Waals surface area contributed by atoms with E-state index in [1.807, 2.05) is 6.92 Å². The fourth-order valence-electron chi connectivity index (χ4n) is 12.0. The van der Waals surface area contributed by atoms with Crippen molar-refractivity contribution in [2.45, 2.75) is 246 Å². The molecule has 3 heterocycles. The Labute approximate surface area is 384 Å². The molecule has 1 aliphatic heterocycles. The Balaban J connectivity index is 1.02. The smallest absolute Gasteiger partial charge is 0.262 e. The van der Waals surface area contributed by atoms with Gasteiger partial charge in [0.2, 0.25) is 0 Å². The second-order valence-electron chi connectivity index (χ2n) is 21.0. The average molecular weight is 884 g/mol. The molecule has 9 heteroatoms. The molecule has 4 atom stereocenters. The van der Waals surface area contributed by atoms with Gasteiger partial charge < -0.3 is 0 Å². The molecule has 0 saturated heterocycles. The molecule has 0 bridgehead atoms. The number of nitrogens with zero attached hydrogens (tertiary/aromatic N) is 3. The van der Waals surface area contributed by atoms with E-state index in [0.717, 1.165) is 102 Å². The SMILES string of the molecule is CCCCCC(C)(CCCCCCCCC1CCCCC1CCCCCCCCn1c(=O)c2cc3c(=O)n(C(C)(CCCC)C(C)(CC)CC)c(=O)c3cc2c1=O)N1C(=O)C=CC1=O. The molecule has 2 aliphatic rings. The number of aromatic nitrogens is 2. The fourth-order valence-corrected chi connectivity index (χ4v) is 12.0. The van der Waals surface area contributed by atoms with E-state index in [0.29, 0.717) is 13.0 Å². The van der Waals surface area contributed by atoms with Crippen LogP contribution in [0, 0.1) is 17.3 Å². The van der Waals surface area contributed by atoms with Crippen LogP contribution >= 0.6 is 0 Å². The van der Waals surface area contributed by atoms with Crippen LogP contribution in [0.4, 0.5) is 0 Å². The Morgan fingerprint density at radius 3 is 1.39 bits per heavy atom. The van der Waals surface area contributed by atoms with Crippen molar-refractivity contribution in [3.63, 3.8) is 0 Å². The summed E-state index contributed by atoms with van der Waals surface area (Å²) in [6.45, 7) is 15.2. The molecule has 4 unspecified atom stereocenters. The van der Waals surface area contributed by atoms with Gasteiger partial charge in [-0.15, -0.1) is 0 Å². The van der Waals surface area contributed by atoms with Crippen LogP contribution in [0.3, 0.4) is 0 Å². The lowest BCUT2D eigenvalue weighted by atomic mass is 9.65. The highest BCUT2D eigenvalue weighted by Crippen LogP contribution is 2.46. The maximum Gasteiger partial charge on any atom is 0.262 e. The van der Waals surface area contributed by atoms with Crippen molar-refractivity contribution >= 4 is 33.4 Å². The lowest BCUT2D eigenvalue weighted by Gasteiger charge is -2.46. The first-order valence-corrected chi connectivity index (χ1v) is 26.2. The average Bonchev–Trinajstić information content (AvgIpc) is 3.85. The van der Waals surface area contributed by atoms with Gasteiger partial charge in [0.05, 0.1) is 27.1 Å². The molecule has 64 heavy (non-hydrogen) atoms. The molecule has 0 spiro atoms. The summed E-state index contributed by atoms with van der Waals surface area (Å²) in [7, 11) is 0. The number of hydrogen-bond donors (Lipinski definition) is 0. The monoisotopic (exact) mass is 884 g/mol. The highest BCUT2D eigenvalue weighted by molar-refractivity contribution is 6.13. The van der Waals surface area contributed by atoms with Gasteiger partial charge in [-0.1, -0.05) is 176 Å². The van der Waals surface area contributed by atoms with Gasteiger partial charge in [-0.2, -0.15) is 0 Å². The molecule has 1 fully saturated rings. The Morgan fingerprint density at radius 1 is 0.500 bits per heavy atom. The van der Waals surface area contributed by atoms with Gasteiger partial charge in [-0.25, -0.2) is 0 Å². The van der Waals surface area contributed by atoms with Gasteiger partial charge in [0.1, 0.15) is 0 Å². The summed E-state index contributed by atoms with van der Waals surface area (Å²) in [4.78, 5) is 81.8. The maximum atomic E-state index is 14.0. The standard InChI is InChI=1S/C55H85N3O6/c1-8-12-26-35-54(6,57-47(59)33-34-48(57)60)36-27-20-16-14-18-22-29-41-31-24-25-32-42(41)30-23-19-15-17-21-28-38-56-49(61)43-39-45-46(40-44(43)50(56)62)52(64)58(51(45)63)55(7,37-13-9-2)53(5,10-3)11-4/h33-34,39-42H,8-32,35-38H2,1-7H3. The van der Waals surface area contributed by atoms with E-state index in [2.05, 4.69) is 41.5 Å². The van der Waals surface area contributed by atoms with Crippen LogP contribution in [-0.4, -0.2) is 31.4 Å². The maximum absolute atomic E-state index is 14.0. The molecule has 2 aromatic heterocycles. The minimum atomic E-state index is -0.689. The number of unbranched alkanes of at least 4 members (excludes halogenated alkanes) is 13. The van der Waals surface area contributed by atoms with E-state index >= 15 is 0 Å². The van der Waals surface area contributed by atoms with Crippen LogP contribution in [0.25, 0.3) is 21.5 Å². The lowest BCUT2D eigenvalue weighted by Crippen LogP contribution is -2.53. The third-order valence-corrected chi connectivity index (χ3v) is 16.8. The summed E-state index contributed by atoms with van der Waals surface area (Å²) in [5.74, 6) is 1.42. The van der Waals surface area contributed by atoms with Gasteiger partial charge in [-0.05, 0) is 81.8 Å². The largest absolute Gasteiger partial charge is 0.274 e. The van der Waals surface area contributed by atoms with Crippen LogP contribution in [0.1, 0.15) is 228 Å². The number of fused-ring (bicyclic) bond motifs is 2. The van der Waals surface area contributed by atoms with E-state index in [1.165, 1.54) is 122 Å². The van der Waals surface area contributed by atoms with Gasteiger partial charge in [-0.3, -0.25) is 42.8 Å². The molecular formula is C55H85N3O6. The van der Waals surface area contributed by atoms with E-state index in [1.54, 1.807) is 0 Å². The van der Waals surface area contributed by atoms with E-state index in [4.69, 9.17) is 0 Å². The van der Waals surface area contributed by atoms with Crippen molar-refractivity contribution in [1.82, 2.24) is 14.0 Å². The summed E-state index contributed by atoms with van der Waals surface area (Å²) >= 11 is 0. The number of carbonyl (C=O) groups is 2. The molecule has 2 amide bonds. The van der Waals surface area contributed by atoms with Gasteiger partial charge in [0, 0.05) is 24.2 Å². The zero-order chi connectivity index (χ0) is 46.5. The van der Waals surface area contributed by atoms with Crippen molar-refractivity contribution in [3.05, 3.63) is 65.7 Å². The van der Waals surface area contributed by atoms with Crippen LogP contribution < -0.4 is 22.2 Å². The topological polar surface area (TPSA) is 116 Å². The molecule has 5 rings (SSSR count). The van der Waals surface area contributed by atoms with Gasteiger partial charge in [0.25, 0.3) is 34.1 Å². The Bertz CT molecular complexity index is 2140. The van der Waals surface area contributed by atoms with Crippen molar-refractivity contribution in [1.29, 1.82) is 0 Å².